The van der Waals surface area contributed by atoms with Crippen LogP contribution in [0.4, 0.5) is 0 Å². The SMILES string of the molecule is C[C@H](OC(=O)c1ccc(Cl)cc1)C(=O)NC1CC1. The fourth-order valence-electron chi connectivity index (χ4n) is 1.41. The number of carbonyl (C=O) groups excluding carboxylic acids is 2. The van der Waals surface area contributed by atoms with E-state index in [4.69, 9.17) is 16.3 Å². The quantitative estimate of drug-likeness (QED) is 0.851. The highest BCUT2D eigenvalue weighted by Gasteiger charge is 2.27. The summed E-state index contributed by atoms with van der Waals surface area (Å²) in [5, 5.41) is 3.33. The van der Waals surface area contributed by atoms with Gasteiger partial charge in [0, 0.05) is 11.1 Å². The van der Waals surface area contributed by atoms with E-state index in [9.17, 15) is 9.59 Å². The average molecular weight is 268 g/mol. The predicted octanol–water partition coefficient (Wildman–Crippen LogP) is 2.16. The van der Waals surface area contributed by atoms with Crippen LogP contribution in [0.15, 0.2) is 24.3 Å². The number of rotatable bonds is 4. The molecule has 1 saturated carbocycles. The Bertz CT molecular complexity index is 454. The molecule has 1 fully saturated rings. The highest BCUT2D eigenvalue weighted by molar-refractivity contribution is 6.30. The first-order valence-electron chi connectivity index (χ1n) is 5.83. The molecule has 1 amide bonds. The van der Waals surface area contributed by atoms with Gasteiger partial charge in [-0.3, -0.25) is 4.79 Å². The smallest absolute Gasteiger partial charge is 0.338 e. The summed E-state index contributed by atoms with van der Waals surface area (Å²) >= 11 is 5.72. The standard InChI is InChI=1S/C13H14ClNO3/c1-8(12(16)15-11-6-7-11)18-13(17)9-2-4-10(14)5-3-9/h2-5,8,11H,6-7H2,1H3,(H,15,16)/t8-/m0/s1. The van der Waals surface area contributed by atoms with E-state index in [-0.39, 0.29) is 11.9 Å². The van der Waals surface area contributed by atoms with Gasteiger partial charge in [0.1, 0.15) is 0 Å². The predicted molar refractivity (Wildman–Crippen MR) is 67.5 cm³/mol. The summed E-state index contributed by atoms with van der Waals surface area (Å²) in [5.41, 5.74) is 0.380. The van der Waals surface area contributed by atoms with E-state index >= 15 is 0 Å². The highest BCUT2D eigenvalue weighted by Crippen LogP contribution is 2.19. The number of benzene rings is 1. The number of esters is 1. The van der Waals surface area contributed by atoms with Crippen molar-refractivity contribution in [2.24, 2.45) is 0 Å². The molecule has 1 aromatic carbocycles. The summed E-state index contributed by atoms with van der Waals surface area (Å²) in [6.45, 7) is 1.56. The molecule has 0 unspecified atom stereocenters. The molecule has 1 aromatic rings. The van der Waals surface area contributed by atoms with Crippen LogP contribution in [0.25, 0.3) is 0 Å². The van der Waals surface area contributed by atoms with Gasteiger partial charge in [-0.15, -0.1) is 0 Å². The normalized spacial score (nSPS) is 15.9. The van der Waals surface area contributed by atoms with Crippen molar-refractivity contribution < 1.29 is 14.3 Å². The van der Waals surface area contributed by atoms with E-state index in [0.717, 1.165) is 12.8 Å². The molecule has 0 heterocycles. The number of amides is 1. The van der Waals surface area contributed by atoms with Crippen molar-refractivity contribution in [1.82, 2.24) is 5.32 Å². The lowest BCUT2D eigenvalue weighted by molar-refractivity contribution is -0.129. The number of nitrogens with one attached hydrogen (secondary N) is 1. The van der Waals surface area contributed by atoms with Gasteiger partial charge in [0.25, 0.3) is 5.91 Å². The summed E-state index contributed by atoms with van der Waals surface area (Å²) in [5.74, 6) is -0.773. The van der Waals surface area contributed by atoms with Gasteiger partial charge in [-0.1, -0.05) is 11.6 Å². The van der Waals surface area contributed by atoms with Gasteiger partial charge < -0.3 is 10.1 Å². The van der Waals surface area contributed by atoms with Gasteiger partial charge in [0.2, 0.25) is 0 Å². The largest absolute Gasteiger partial charge is 0.449 e. The monoisotopic (exact) mass is 267 g/mol. The topological polar surface area (TPSA) is 55.4 Å². The average Bonchev–Trinajstić information content (AvgIpc) is 3.13. The van der Waals surface area contributed by atoms with Gasteiger partial charge in [-0.25, -0.2) is 4.79 Å². The number of ether oxygens (including phenoxy) is 1. The molecule has 1 aliphatic carbocycles. The van der Waals surface area contributed by atoms with Crippen LogP contribution in [0, 0.1) is 0 Å². The van der Waals surface area contributed by atoms with E-state index in [1.807, 2.05) is 0 Å². The molecule has 0 aliphatic heterocycles. The minimum atomic E-state index is -0.784. The third-order valence-corrected chi connectivity index (χ3v) is 2.91. The fraction of sp³-hybridized carbons (Fsp3) is 0.385. The van der Waals surface area contributed by atoms with Crippen molar-refractivity contribution in [1.29, 1.82) is 0 Å². The third kappa shape index (κ3) is 3.47. The van der Waals surface area contributed by atoms with Crippen LogP contribution >= 0.6 is 11.6 Å². The summed E-state index contributed by atoms with van der Waals surface area (Å²) in [6.07, 6.45) is 1.22. The van der Waals surface area contributed by atoms with Gasteiger partial charge in [-0.2, -0.15) is 0 Å². The van der Waals surface area contributed by atoms with E-state index in [0.29, 0.717) is 10.6 Å². The van der Waals surface area contributed by atoms with Crippen LogP contribution in [-0.4, -0.2) is 24.0 Å². The Kier molecular flexibility index (Phi) is 3.87. The minimum absolute atomic E-state index is 0.250. The van der Waals surface area contributed by atoms with Crippen LogP contribution in [0.2, 0.25) is 5.02 Å². The Morgan fingerprint density at radius 3 is 2.50 bits per heavy atom. The van der Waals surface area contributed by atoms with E-state index in [1.54, 1.807) is 31.2 Å². The summed E-state index contributed by atoms with van der Waals surface area (Å²) in [6, 6.07) is 6.60. The second-order valence-corrected chi connectivity index (χ2v) is 4.77. The first-order valence-corrected chi connectivity index (χ1v) is 6.21. The molecule has 1 aliphatic rings. The van der Waals surface area contributed by atoms with Gasteiger partial charge in [0.15, 0.2) is 6.10 Å². The Balaban J connectivity index is 1.89. The zero-order valence-corrected chi connectivity index (χ0v) is 10.7. The van der Waals surface area contributed by atoms with Crippen molar-refractivity contribution >= 4 is 23.5 Å². The zero-order chi connectivity index (χ0) is 13.1. The highest BCUT2D eigenvalue weighted by atomic mass is 35.5. The molecule has 0 spiro atoms. The Morgan fingerprint density at radius 1 is 1.33 bits per heavy atom. The van der Waals surface area contributed by atoms with Crippen molar-refractivity contribution in [2.75, 3.05) is 0 Å². The maximum absolute atomic E-state index is 11.7. The molecule has 0 aromatic heterocycles. The zero-order valence-electron chi connectivity index (χ0n) is 9.98. The lowest BCUT2D eigenvalue weighted by Gasteiger charge is -2.13. The van der Waals surface area contributed by atoms with Gasteiger partial charge >= 0.3 is 5.97 Å². The lowest BCUT2D eigenvalue weighted by Crippen LogP contribution is -2.37. The molecule has 4 nitrogen and oxygen atoms in total. The fourth-order valence-corrected chi connectivity index (χ4v) is 1.54. The molecular weight excluding hydrogens is 254 g/mol. The summed E-state index contributed by atoms with van der Waals surface area (Å²) < 4.78 is 5.07. The van der Waals surface area contributed by atoms with Crippen molar-refractivity contribution in [2.45, 2.75) is 31.9 Å². The maximum atomic E-state index is 11.7. The molecular formula is C13H14ClNO3. The van der Waals surface area contributed by atoms with Crippen molar-refractivity contribution in [3.8, 4) is 0 Å². The molecule has 2 rings (SSSR count). The first kappa shape index (κ1) is 12.9. The number of carbonyl (C=O) groups is 2. The van der Waals surface area contributed by atoms with Crippen molar-refractivity contribution in [3.05, 3.63) is 34.9 Å². The first-order chi connectivity index (χ1) is 8.56. The lowest BCUT2D eigenvalue weighted by atomic mass is 10.2. The summed E-state index contributed by atoms with van der Waals surface area (Å²) in [4.78, 5) is 23.3. The van der Waals surface area contributed by atoms with Crippen LogP contribution in [0.3, 0.4) is 0 Å². The molecule has 1 atom stereocenters. The molecule has 0 saturated heterocycles. The van der Waals surface area contributed by atoms with Gasteiger partial charge in [0.05, 0.1) is 5.56 Å². The Morgan fingerprint density at radius 2 is 1.94 bits per heavy atom. The molecule has 0 bridgehead atoms. The van der Waals surface area contributed by atoms with E-state index < -0.39 is 12.1 Å². The van der Waals surface area contributed by atoms with Crippen LogP contribution < -0.4 is 5.32 Å². The van der Waals surface area contributed by atoms with Crippen LogP contribution in [0.5, 0.6) is 0 Å². The summed E-state index contributed by atoms with van der Waals surface area (Å²) in [7, 11) is 0. The molecule has 96 valence electrons. The number of halogens is 1. The molecule has 5 heteroatoms. The number of hydrogen-bond acceptors (Lipinski definition) is 3. The molecule has 1 N–H and O–H groups in total. The van der Waals surface area contributed by atoms with E-state index in [2.05, 4.69) is 5.32 Å². The second-order valence-electron chi connectivity index (χ2n) is 4.34. The minimum Gasteiger partial charge on any atom is -0.449 e. The number of hydrogen-bond donors (Lipinski definition) is 1. The Hall–Kier alpha value is -1.55. The third-order valence-electron chi connectivity index (χ3n) is 2.66. The van der Waals surface area contributed by atoms with Gasteiger partial charge in [-0.05, 0) is 44.0 Å². The van der Waals surface area contributed by atoms with Crippen LogP contribution in [0.1, 0.15) is 30.1 Å². The van der Waals surface area contributed by atoms with E-state index in [1.165, 1.54) is 0 Å². The molecule has 0 radical (unpaired) electrons. The Labute approximate surface area is 110 Å². The molecule has 18 heavy (non-hydrogen) atoms. The maximum Gasteiger partial charge on any atom is 0.338 e. The second kappa shape index (κ2) is 5.40. The van der Waals surface area contributed by atoms with Crippen molar-refractivity contribution in [3.63, 3.8) is 0 Å². The van der Waals surface area contributed by atoms with Crippen LogP contribution in [-0.2, 0) is 9.53 Å².